The summed E-state index contributed by atoms with van der Waals surface area (Å²) in [6, 6.07) is 2.87. The molecule has 138 valence electrons. The van der Waals surface area contributed by atoms with E-state index in [2.05, 4.69) is 13.8 Å². The predicted octanol–water partition coefficient (Wildman–Crippen LogP) is 4.42. The molecule has 25 heavy (non-hydrogen) atoms. The lowest BCUT2D eigenvalue weighted by Gasteiger charge is -2.21. The summed E-state index contributed by atoms with van der Waals surface area (Å²) in [5, 5.41) is 0. The summed E-state index contributed by atoms with van der Waals surface area (Å²) in [7, 11) is 0. The van der Waals surface area contributed by atoms with Crippen LogP contribution >= 0.6 is 0 Å². The number of ether oxygens (including phenoxy) is 2. The van der Waals surface area contributed by atoms with Gasteiger partial charge >= 0.3 is 5.97 Å². The van der Waals surface area contributed by atoms with Crippen molar-refractivity contribution in [2.75, 3.05) is 12.3 Å². The van der Waals surface area contributed by atoms with E-state index in [1.54, 1.807) is 6.07 Å². The number of hydrogen-bond acceptors (Lipinski definition) is 4. The molecule has 2 fully saturated rings. The quantitative estimate of drug-likeness (QED) is 0.529. The van der Waals surface area contributed by atoms with E-state index in [1.165, 1.54) is 6.07 Å². The van der Waals surface area contributed by atoms with Crippen LogP contribution < -0.4 is 10.5 Å². The van der Waals surface area contributed by atoms with E-state index in [0.29, 0.717) is 36.2 Å². The Morgan fingerprint density at radius 1 is 1.32 bits per heavy atom. The summed E-state index contributed by atoms with van der Waals surface area (Å²) in [6.45, 7) is 4.73. The molecule has 0 spiro atoms. The van der Waals surface area contributed by atoms with Crippen LogP contribution in [-0.4, -0.2) is 18.7 Å². The molecule has 1 aromatic carbocycles. The highest BCUT2D eigenvalue weighted by Crippen LogP contribution is 2.37. The standard InChI is InChI=1S/C20H28FNO3/c1-3-12(2)8-16(20(23)25-14-6-7-14)15-9-19(18(22)10-17(15)21)24-11-13-4-5-13/h9-10,12-14,16H,3-8,11,22H2,1-2H3. The normalized spacial score (nSPS) is 19.3. The summed E-state index contributed by atoms with van der Waals surface area (Å²) in [6.07, 6.45) is 5.63. The Hall–Kier alpha value is -1.78. The van der Waals surface area contributed by atoms with E-state index < -0.39 is 11.7 Å². The van der Waals surface area contributed by atoms with E-state index in [0.717, 1.165) is 32.1 Å². The van der Waals surface area contributed by atoms with Gasteiger partial charge in [-0.15, -0.1) is 0 Å². The zero-order valence-electron chi connectivity index (χ0n) is 15.1. The van der Waals surface area contributed by atoms with E-state index in [-0.39, 0.29) is 17.8 Å². The van der Waals surface area contributed by atoms with E-state index in [9.17, 15) is 9.18 Å². The maximum Gasteiger partial charge on any atom is 0.313 e. The molecule has 0 bridgehead atoms. The molecular weight excluding hydrogens is 321 g/mol. The van der Waals surface area contributed by atoms with Gasteiger partial charge in [-0.1, -0.05) is 20.3 Å². The van der Waals surface area contributed by atoms with Crippen molar-refractivity contribution < 1.29 is 18.7 Å². The maximum atomic E-state index is 14.6. The molecule has 0 aliphatic heterocycles. The molecule has 1 aromatic rings. The summed E-state index contributed by atoms with van der Waals surface area (Å²) >= 11 is 0. The van der Waals surface area contributed by atoms with Crippen molar-refractivity contribution in [1.82, 2.24) is 0 Å². The third-order valence-electron chi connectivity index (χ3n) is 5.10. The maximum absolute atomic E-state index is 14.6. The lowest BCUT2D eigenvalue weighted by molar-refractivity contribution is -0.147. The van der Waals surface area contributed by atoms with Crippen molar-refractivity contribution in [3.63, 3.8) is 0 Å². The Bertz CT molecular complexity index is 626. The van der Waals surface area contributed by atoms with Crippen LogP contribution in [0, 0.1) is 17.7 Å². The Morgan fingerprint density at radius 3 is 2.64 bits per heavy atom. The van der Waals surface area contributed by atoms with Gasteiger partial charge in [0.1, 0.15) is 17.7 Å². The van der Waals surface area contributed by atoms with Crippen molar-refractivity contribution >= 4 is 11.7 Å². The van der Waals surface area contributed by atoms with Crippen molar-refractivity contribution in [2.24, 2.45) is 11.8 Å². The number of hydrogen-bond donors (Lipinski definition) is 1. The van der Waals surface area contributed by atoms with Gasteiger partial charge in [-0.05, 0) is 50.0 Å². The first-order valence-electron chi connectivity index (χ1n) is 9.40. The second-order valence-electron chi connectivity index (χ2n) is 7.60. The van der Waals surface area contributed by atoms with Crippen LogP contribution in [-0.2, 0) is 9.53 Å². The number of carbonyl (C=O) groups is 1. The van der Waals surface area contributed by atoms with Gasteiger partial charge in [0, 0.05) is 11.6 Å². The number of nitrogen functional groups attached to an aromatic ring is 1. The minimum atomic E-state index is -0.612. The summed E-state index contributed by atoms with van der Waals surface area (Å²) in [5.74, 6) is -0.0683. The Balaban J connectivity index is 1.83. The molecule has 0 amide bonds. The molecule has 2 N–H and O–H groups in total. The van der Waals surface area contributed by atoms with Crippen LogP contribution in [0.25, 0.3) is 0 Å². The number of halogens is 1. The van der Waals surface area contributed by atoms with Crippen LogP contribution in [0.3, 0.4) is 0 Å². The molecule has 0 heterocycles. The average Bonchev–Trinajstić information content (AvgIpc) is 3.47. The van der Waals surface area contributed by atoms with Crippen LogP contribution in [0.4, 0.5) is 10.1 Å². The van der Waals surface area contributed by atoms with Gasteiger partial charge in [-0.3, -0.25) is 4.79 Å². The molecule has 2 aliphatic rings. The van der Waals surface area contributed by atoms with E-state index in [4.69, 9.17) is 15.2 Å². The summed E-state index contributed by atoms with van der Waals surface area (Å²) < 4.78 is 25.9. The molecule has 0 aromatic heterocycles. The zero-order valence-corrected chi connectivity index (χ0v) is 15.1. The van der Waals surface area contributed by atoms with Crippen molar-refractivity contribution in [2.45, 2.75) is 64.4 Å². The van der Waals surface area contributed by atoms with E-state index in [1.807, 2.05) is 0 Å². The van der Waals surface area contributed by atoms with Crippen LogP contribution in [0.2, 0.25) is 0 Å². The van der Waals surface area contributed by atoms with Gasteiger partial charge in [0.25, 0.3) is 0 Å². The predicted molar refractivity (Wildman–Crippen MR) is 95.0 cm³/mol. The molecule has 5 heteroatoms. The van der Waals surface area contributed by atoms with Crippen LogP contribution in [0.15, 0.2) is 12.1 Å². The number of rotatable bonds is 9. The lowest BCUT2D eigenvalue weighted by atomic mass is 9.87. The van der Waals surface area contributed by atoms with Crippen LogP contribution in [0.5, 0.6) is 5.75 Å². The second kappa shape index (κ2) is 7.63. The number of benzene rings is 1. The molecule has 2 aliphatic carbocycles. The monoisotopic (exact) mass is 349 g/mol. The molecule has 0 radical (unpaired) electrons. The zero-order chi connectivity index (χ0) is 18.0. The van der Waals surface area contributed by atoms with Gasteiger partial charge in [0.15, 0.2) is 0 Å². The number of carbonyl (C=O) groups excluding carboxylic acids is 1. The minimum absolute atomic E-state index is 0.00867. The highest BCUT2D eigenvalue weighted by Gasteiger charge is 2.33. The molecule has 0 saturated heterocycles. The highest BCUT2D eigenvalue weighted by molar-refractivity contribution is 5.79. The fourth-order valence-corrected chi connectivity index (χ4v) is 2.82. The minimum Gasteiger partial charge on any atom is -0.491 e. The molecule has 2 unspecified atom stereocenters. The molecule has 3 rings (SSSR count). The van der Waals surface area contributed by atoms with Crippen molar-refractivity contribution in [3.05, 3.63) is 23.5 Å². The van der Waals surface area contributed by atoms with Gasteiger partial charge in [-0.25, -0.2) is 4.39 Å². The SMILES string of the molecule is CCC(C)CC(C(=O)OC1CC1)c1cc(OCC2CC2)c(N)cc1F. The highest BCUT2D eigenvalue weighted by atomic mass is 19.1. The topological polar surface area (TPSA) is 61.5 Å². The largest absolute Gasteiger partial charge is 0.491 e. The third-order valence-corrected chi connectivity index (χ3v) is 5.10. The molecular formula is C20H28FNO3. The first-order chi connectivity index (χ1) is 12.0. The average molecular weight is 349 g/mol. The van der Waals surface area contributed by atoms with Gasteiger partial charge in [0.05, 0.1) is 18.2 Å². The molecule has 4 nitrogen and oxygen atoms in total. The summed E-state index contributed by atoms with van der Waals surface area (Å²) in [4.78, 5) is 12.6. The van der Waals surface area contributed by atoms with Crippen molar-refractivity contribution in [3.8, 4) is 5.75 Å². The molecule has 2 atom stereocenters. The Kier molecular flexibility index (Phi) is 5.50. The first kappa shape index (κ1) is 18.0. The van der Waals surface area contributed by atoms with E-state index >= 15 is 0 Å². The number of anilines is 1. The number of nitrogens with two attached hydrogens (primary N) is 1. The first-order valence-corrected chi connectivity index (χ1v) is 9.40. The smallest absolute Gasteiger partial charge is 0.313 e. The fourth-order valence-electron chi connectivity index (χ4n) is 2.82. The second-order valence-corrected chi connectivity index (χ2v) is 7.60. The Labute approximate surface area is 148 Å². The van der Waals surface area contributed by atoms with Crippen LogP contribution in [0.1, 0.15) is 63.9 Å². The summed E-state index contributed by atoms with van der Waals surface area (Å²) in [5.41, 5.74) is 6.53. The number of esters is 1. The Morgan fingerprint density at radius 2 is 2.04 bits per heavy atom. The third kappa shape index (κ3) is 4.86. The van der Waals surface area contributed by atoms with Gasteiger partial charge in [-0.2, -0.15) is 0 Å². The van der Waals surface area contributed by atoms with Crippen molar-refractivity contribution in [1.29, 1.82) is 0 Å². The van der Waals surface area contributed by atoms with Gasteiger partial charge in [0.2, 0.25) is 0 Å². The lowest BCUT2D eigenvalue weighted by Crippen LogP contribution is -2.21. The molecule has 2 saturated carbocycles. The fraction of sp³-hybridized carbons (Fsp3) is 0.650. The van der Waals surface area contributed by atoms with Gasteiger partial charge < -0.3 is 15.2 Å².